The van der Waals surface area contributed by atoms with Crippen LogP contribution in [0.5, 0.6) is 5.88 Å². The lowest BCUT2D eigenvalue weighted by Gasteiger charge is -2.04. The fraction of sp³-hybridized carbons (Fsp3) is 0.333. The van der Waals surface area contributed by atoms with Gasteiger partial charge in [0.2, 0.25) is 5.88 Å². The molecular weight excluding hydrogens is 364 g/mol. The number of nitrogens with zero attached hydrogens (tertiary/aromatic N) is 3. The summed E-state index contributed by atoms with van der Waals surface area (Å²) in [6.45, 7) is 0. The number of aromatic hydroxyl groups is 1. The highest BCUT2D eigenvalue weighted by molar-refractivity contribution is 5.41. The second-order valence-corrected chi connectivity index (χ2v) is 6.64. The van der Waals surface area contributed by atoms with E-state index in [2.05, 4.69) is 15.3 Å². The number of hydrogen-bond donors (Lipinski definition) is 2. The molecule has 27 heavy (non-hydrogen) atoms. The van der Waals surface area contributed by atoms with E-state index in [1.165, 1.54) is 12.1 Å². The van der Waals surface area contributed by atoms with Gasteiger partial charge in [-0.15, -0.1) is 0 Å². The molecule has 0 amide bonds. The Hall–Kier alpha value is -2.84. The number of benzene rings is 1. The van der Waals surface area contributed by atoms with E-state index in [-0.39, 0.29) is 23.4 Å². The molecular formula is C18H16F4N4O. The molecule has 5 nitrogen and oxygen atoms in total. The molecule has 142 valence electrons. The van der Waals surface area contributed by atoms with Crippen molar-refractivity contribution in [3.05, 3.63) is 58.7 Å². The molecule has 0 spiro atoms. The Morgan fingerprint density at radius 1 is 1.15 bits per heavy atom. The average molecular weight is 380 g/mol. The molecule has 0 atom stereocenters. The Kier molecular flexibility index (Phi) is 4.16. The predicted molar refractivity (Wildman–Crippen MR) is 88.2 cm³/mol. The van der Waals surface area contributed by atoms with E-state index in [4.69, 9.17) is 0 Å². The van der Waals surface area contributed by atoms with E-state index in [1.54, 1.807) is 12.1 Å². The third kappa shape index (κ3) is 3.54. The van der Waals surface area contributed by atoms with Gasteiger partial charge >= 0.3 is 6.18 Å². The first-order valence-electron chi connectivity index (χ1n) is 8.51. The molecule has 3 aromatic rings. The van der Waals surface area contributed by atoms with Gasteiger partial charge in [-0.1, -0.05) is 12.1 Å². The summed E-state index contributed by atoms with van der Waals surface area (Å²) >= 11 is 0. The molecule has 9 heteroatoms. The van der Waals surface area contributed by atoms with Crippen LogP contribution in [0.2, 0.25) is 0 Å². The third-order valence-electron chi connectivity index (χ3n) is 4.61. The van der Waals surface area contributed by atoms with Crippen molar-refractivity contribution >= 4 is 0 Å². The Morgan fingerprint density at radius 2 is 1.85 bits per heavy atom. The zero-order valence-electron chi connectivity index (χ0n) is 14.1. The van der Waals surface area contributed by atoms with Crippen LogP contribution < -0.4 is 0 Å². The van der Waals surface area contributed by atoms with Crippen LogP contribution in [0.25, 0.3) is 5.82 Å². The number of H-pyrrole nitrogens is 1. The number of aromatic nitrogens is 4. The van der Waals surface area contributed by atoms with Crippen molar-refractivity contribution in [1.29, 1.82) is 0 Å². The number of rotatable bonds is 5. The molecule has 1 aromatic carbocycles. The number of aromatic amines is 1. The topological polar surface area (TPSA) is 66.7 Å². The Morgan fingerprint density at radius 3 is 2.44 bits per heavy atom. The van der Waals surface area contributed by atoms with Gasteiger partial charge in [0.25, 0.3) is 0 Å². The number of hydrogen-bond acceptors (Lipinski definition) is 3. The zero-order chi connectivity index (χ0) is 19.2. The van der Waals surface area contributed by atoms with Crippen LogP contribution in [0.3, 0.4) is 0 Å². The Bertz CT molecular complexity index is 955. The largest absolute Gasteiger partial charge is 0.493 e. The number of nitrogens with one attached hydrogen (secondary N) is 1. The monoisotopic (exact) mass is 380 g/mol. The summed E-state index contributed by atoms with van der Waals surface area (Å²) in [6, 6.07) is 6.87. The van der Waals surface area contributed by atoms with Crippen molar-refractivity contribution in [2.24, 2.45) is 0 Å². The van der Waals surface area contributed by atoms with Gasteiger partial charge in [0, 0.05) is 17.5 Å². The SMILES string of the molecule is Oc1c(CCc2ccc(F)cc2)c(C2CC2)nn1-c1cc(C(F)(F)F)n[nH]1. The first-order chi connectivity index (χ1) is 12.8. The van der Waals surface area contributed by atoms with Crippen molar-refractivity contribution in [1.82, 2.24) is 20.0 Å². The van der Waals surface area contributed by atoms with Crippen LogP contribution >= 0.6 is 0 Å². The van der Waals surface area contributed by atoms with Crippen LogP contribution in [0.15, 0.2) is 30.3 Å². The number of halogens is 4. The van der Waals surface area contributed by atoms with Crippen LogP contribution in [-0.4, -0.2) is 25.1 Å². The molecule has 1 saturated carbocycles. The molecule has 0 radical (unpaired) electrons. The molecule has 0 aliphatic heterocycles. The maximum Gasteiger partial charge on any atom is 0.435 e. The van der Waals surface area contributed by atoms with Crippen LogP contribution in [-0.2, 0) is 19.0 Å². The lowest BCUT2D eigenvalue weighted by atomic mass is 10.0. The number of alkyl halides is 3. The summed E-state index contributed by atoms with van der Waals surface area (Å²) < 4.78 is 52.4. The molecule has 0 bridgehead atoms. The fourth-order valence-electron chi connectivity index (χ4n) is 3.04. The van der Waals surface area contributed by atoms with E-state index in [0.717, 1.165) is 29.2 Å². The quantitative estimate of drug-likeness (QED) is 0.655. The van der Waals surface area contributed by atoms with Crippen molar-refractivity contribution in [2.45, 2.75) is 37.8 Å². The average Bonchev–Trinajstić information content (AvgIpc) is 3.23. The minimum atomic E-state index is -4.58. The van der Waals surface area contributed by atoms with Crippen molar-refractivity contribution in [3.8, 4) is 11.7 Å². The van der Waals surface area contributed by atoms with Crippen molar-refractivity contribution < 1.29 is 22.7 Å². The minimum Gasteiger partial charge on any atom is -0.493 e. The van der Waals surface area contributed by atoms with E-state index < -0.39 is 11.9 Å². The second kappa shape index (κ2) is 6.40. The summed E-state index contributed by atoms with van der Waals surface area (Å²) in [4.78, 5) is 0. The Labute approximate surface area is 151 Å². The molecule has 2 heterocycles. The van der Waals surface area contributed by atoms with E-state index in [9.17, 15) is 22.7 Å². The molecule has 1 aliphatic rings. The van der Waals surface area contributed by atoms with Gasteiger partial charge in [-0.05, 0) is 43.4 Å². The molecule has 1 aliphatic carbocycles. The van der Waals surface area contributed by atoms with E-state index in [0.29, 0.717) is 24.1 Å². The molecule has 1 fully saturated rings. The summed E-state index contributed by atoms with van der Waals surface area (Å²) in [5.74, 6) is -0.371. The van der Waals surface area contributed by atoms with Crippen molar-refractivity contribution in [3.63, 3.8) is 0 Å². The van der Waals surface area contributed by atoms with Gasteiger partial charge in [-0.25, -0.2) is 4.39 Å². The predicted octanol–water partition coefficient (Wildman–Crippen LogP) is 4.12. The summed E-state index contributed by atoms with van der Waals surface area (Å²) in [6.07, 6.45) is -1.73. The van der Waals surface area contributed by atoms with Gasteiger partial charge in [0.1, 0.15) is 5.82 Å². The van der Waals surface area contributed by atoms with Gasteiger partial charge in [-0.2, -0.15) is 28.1 Å². The van der Waals surface area contributed by atoms with Crippen molar-refractivity contribution in [2.75, 3.05) is 0 Å². The maximum absolute atomic E-state index is 13.0. The highest BCUT2D eigenvalue weighted by Crippen LogP contribution is 2.44. The maximum atomic E-state index is 13.0. The van der Waals surface area contributed by atoms with Gasteiger partial charge in [0.15, 0.2) is 11.5 Å². The van der Waals surface area contributed by atoms with Crippen LogP contribution in [0, 0.1) is 5.82 Å². The van der Waals surface area contributed by atoms with Gasteiger partial charge in [-0.3, -0.25) is 5.10 Å². The van der Waals surface area contributed by atoms with Gasteiger partial charge in [0.05, 0.1) is 5.69 Å². The molecule has 0 unspecified atom stereocenters. The summed E-state index contributed by atoms with van der Waals surface area (Å²) in [5, 5.41) is 20.4. The number of aryl methyl sites for hydroxylation is 1. The Balaban J connectivity index is 1.63. The standard InChI is InChI=1S/C18H16F4N4O/c19-12-6-1-10(2-7-12)3-8-13-16(11-4-5-11)25-26(17(13)27)15-9-14(23-24-15)18(20,21)22/h1-2,6-7,9,11,27H,3-5,8H2,(H,23,24). The molecule has 4 rings (SSSR count). The summed E-state index contributed by atoms with van der Waals surface area (Å²) in [5.41, 5.74) is 1.11. The lowest BCUT2D eigenvalue weighted by Crippen LogP contribution is -2.04. The molecule has 2 aromatic heterocycles. The van der Waals surface area contributed by atoms with Crippen LogP contribution in [0.4, 0.5) is 17.6 Å². The lowest BCUT2D eigenvalue weighted by molar-refractivity contribution is -0.141. The third-order valence-corrected chi connectivity index (χ3v) is 4.61. The second-order valence-electron chi connectivity index (χ2n) is 6.64. The minimum absolute atomic E-state index is 0.0465. The van der Waals surface area contributed by atoms with Gasteiger partial charge < -0.3 is 5.11 Å². The first-order valence-corrected chi connectivity index (χ1v) is 8.51. The van der Waals surface area contributed by atoms with Crippen LogP contribution in [0.1, 0.15) is 41.3 Å². The van der Waals surface area contributed by atoms with E-state index in [1.807, 2.05) is 0 Å². The molecule has 2 N–H and O–H groups in total. The smallest absolute Gasteiger partial charge is 0.435 e. The van der Waals surface area contributed by atoms with E-state index >= 15 is 0 Å². The molecule has 0 saturated heterocycles. The first kappa shape index (κ1) is 17.6. The summed E-state index contributed by atoms with van der Waals surface area (Å²) in [7, 11) is 0. The normalized spacial score (nSPS) is 14.7. The fourth-order valence-corrected chi connectivity index (χ4v) is 3.04. The highest BCUT2D eigenvalue weighted by atomic mass is 19.4. The highest BCUT2D eigenvalue weighted by Gasteiger charge is 2.36. The zero-order valence-corrected chi connectivity index (χ0v) is 14.1.